The van der Waals surface area contributed by atoms with E-state index in [1.807, 2.05) is 0 Å². The first kappa shape index (κ1) is 9.13. The molecule has 0 spiro atoms. The molecule has 0 bridgehead atoms. The topological polar surface area (TPSA) is 56.4 Å². The number of rotatable bonds is 1. The van der Waals surface area contributed by atoms with E-state index in [4.69, 9.17) is 10.5 Å². The Morgan fingerprint density at radius 1 is 1.38 bits per heavy atom. The lowest BCUT2D eigenvalue weighted by Gasteiger charge is -1.97. The zero-order valence-corrected chi connectivity index (χ0v) is 6.33. The van der Waals surface area contributed by atoms with Crippen molar-refractivity contribution in [3.63, 3.8) is 0 Å². The molecule has 3 nitrogen and oxygen atoms in total. The average Bonchev–Trinajstić information content (AvgIpc) is 2.11. The maximum absolute atomic E-state index is 12.9. The molecule has 5 heteroatoms. The molecule has 0 amide bonds. The van der Waals surface area contributed by atoms with Crippen molar-refractivity contribution in [3.05, 3.63) is 34.9 Å². The molecule has 1 aromatic rings. The minimum Gasteiger partial charge on any atom is -0.411 e. The first-order valence-corrected chi connectivity index (χ1v) is 3.25. The van der Waals surface area contributed by atoms with Crippen LogP contribution in [0.1, 0.15) is 11.1 Å². The fourth-order valence-corrected chi connectivity index (χ4v) is 0.830. The number of hydrogen-bond acceptors (Lipinski definition) is 3. The number of benzene rings is 1. The van der Waals surface area contributed by atoms with Gasteiger partial charge in [0.15, 0.2) is 0 Å². The fraction of sp³-hybridized carbons (Fsp3) is 0. The Morgan fingerprint density at radius 3 is 2.31 bits per heavy atom. The molecule has 1 N–H and O–H groups in total. The van der Waals surface area contributed by atoms with Gasteiger partial charge in [-0.05, 0) is 12.1 Å². The van der Waals surface area contributed by atoms with E-state index in [2.05, 4.69) is 5.16 Å². The molecule has 0 aliphatic carbocycles. The average molecular weight is 182 g/mol. The van der Waals surface area contributed by atoms with E-state index in [1.54, 1.807) is 6.07 Å². The molecule has 0 saturated carbocycles. The Kier molecular flexibility index (Phi) is 2.55. The molecule has 0 unspecified atom stereocenters. The molecule has 0 saturated heterocycles. The molecule has 1 aromatic carbocycles. The van der Waals surface area contributed by atoms with Gasteiger partial charge in [-0.1, -0.05) is 5.16 Å². The summed E-state index contributed by atoms with van der Waals surface area (Å²) in [6.07, 6.45) is 0.631. The highest BCUT2D eigenvalue weighted by Gasteiger charge is 2.08. The molecular formula is C8H4F2N2O. The third-order valence-electron chi connectivity index (χ3n) is 1.39. The summed E-state index contributed by atoms with van der Waals surface area (Å²) in [6.45, 7) is 0. The fourth-order valence-electron chi connectivity index (χ4n) is 0.830. The van der Waals surface area contributed by atoms with E-state index in [0.717, 1.165) is 12.1 Å². The van der Waals surface area contributed by atoms with Gasteiger partial charge in [0, 0.05) is 0 Å². The molecule has 0 aromatic heterocycles. The van der Waals surface area contributed by atoms with Crippen LogP contribution in [-0.2, 0) is 0 Å². The van der Waals surface area contributed by atoms with E-state index in [-0.39, 0.29) is 5.56 Å². The Bertz CT molecular complexity index is 373. The highest BCUT2D eigenvalue weighted by Crippen LogP contribution is 2.12. The van der Waals surface area contributed by atoms with Gasteiger partial charge >= 0.3 is 0 Å². The van der Waals surface area contributed by atoms with Crippen LogP contribution in [0.2, 0.25) is 0 Å². The van der Waals surface area contributed by atoms with Crippen LogP contribution < -0.4 is 0 Å². The molecule has 1 rings (SSSR count). The van der Waals surface area contributed by atoms with Crippen LogP contribution in [0.15, 0.2) is 17.3 Å². The lowest BCUT2D eigenvalue weighted by molar-refractivity contribution is 0.321. The SMILES string of the molecule is N#Cc1cc(F)c(/C=N/O)c(F)c1. The van der Waals surface area contributed by atoms with Crippen LogP contribution in [0, 0.1) is 23.0 Å². The minimum atomic E-state index is -0.936. The van der Waals surface area contributed by atoms with E-state index >= 15 is 0 Å². The molecular weight excluding hydrogens is 178 g/mol. The molecule has 0 atom stereocenters. The van der Waals surface area contributed by atoms with Gasteiger partial charge in [-0.2, -0.15) is 5.26 Å². The standard InChI is InChI=1S/C8H4F2N2O/c9-7-1-5(3-11)2-8(10)6(7)4-12-13/h1-2,4,13H/b12-4+. The van der Waals surface area contributed by atoms with Gasteiger partial charge < -0.3 is 5.21 Å². The highest BCUT2D eigenvalue weighted by molar-refractivity contribution is 5.80. The minimum absolute atomic E-state index is 0.120. The molecule has 0 fully saturated rings. The number of halogens is 2. The number of nitrogens with zero attached hydrogens (tertiary/aromatic N) is 2. The largest absolute Gasteiger partial charge is 0.411 e. The monoisotopic (exact) mass is 182 g/mol. The normalized spacial score (nSPS) is 10.2. The van der Waals surface area contributed by atoms with Crippen molar-refractivity contribution in [1.82, 2.24) is 0 Å². The van der Waals surface area contributed by atoms with E-state index in [9.17, 15) is 8.78 Å². The zero-order chi connectivity index (χ0) is 9.84. The predicted octanol–water partition coefficient (Wildman–Crippen LogP) is 1.64. The quantitative estimate of drug-likeness (QED) is 0.407. The molecule has 13 heavy (non-hydrogen) atoms. The third-order valence-corrected chi connectivity index (χ3v) is 1.39. The molecule has 0 aliphatic rings. The molecule has 66 valence electrons. The Hall–Kier alpha value is -1.96. The maximum Gasteiger partial charge on any atom is 0.136 e. The lowest BCUT2D eigenvalue weighted by atomic mass is 10.1. The summed E-state index contributed by atoms with van der Waals surface area (Å²) in [5, 5.41) is 18.9. The van der Waals surface area contributed by atoms with Crippen LogP contribution in [0.5, 0.6) is 0 Å². The van der Waals surface area contributed by atoms with Crippen molar-refractivity contribution in [2.45, 2.75) is 0 Å². The van der Waals surface area contributed by atoms with Gasteiger partial charge in [-0.15, -0.1) is 0 Å². The van der Waals surface area contributed by atoms with Gasteiger partial charge in [0.1, 0.15) is 11.6 Å². The Morgan fingerprint density at radius 2 is 1.92 bits per heavy atom. The van der Waals surface area contributed by atoms with Crippen molar-refractivity contribution in [3.8, 4) is 6.07 Å². The second-order valence-corrected chi connectivity index (χ2v) is 2.21. The summed E-state index contributed by atoms with van der Waals surface area (Å²) >= 11 is 0. The van der Waals surface area contributed by atoms with Crippen molar-refractivity contribution in [1.29, 1.82) is 5.26 Å². The third kappa shape index (κ3) is 1.79. The van der Waals surface area contributed by atoms with E-state index in [0.29, 0.717) is 6.21 Å². The maximum atomic E-state index is 12.9. The summed E-state index contributed by atoms with van der Waals surface area (Å²) < 4.78 is 25.8. The van der Waals surface area contributed by atoms with Crippen LogP contribution in [0.3, 0.4) is 0 Å². The number of hydrogen-bond donors (Lipinski definition) is 1. The molecule has 0 aliphatic heterocycles. The zero-order valence-electron chi connectivity index (χ0n) is 6.33. The predicted molar refractivity (Wildman–Crippen MR) is 40.5 cm³/mol. The molecule has 0 radical (unpaired) electrons. The van der Waals surface area contributed by atoms with Crippen molar-refractivity contribution >= 4 is 6.21 Å². The summed E-state index contributed by atoms with van der Waals surface area (Å²) in [6, 6.07) is 3.31. The Balaban J connectivity index is 3.33. The summed E-state index contributed by atoms with van der Waals surface area (Å²) in [7, 11) is 0. The van der Waals surface area contributed by atoms with Gasteiger partial charge in [0.05, 0.1) is 23.4 Å². The van der Waals surface area contributed by atoms with Gasteiger partial charge in [0.2, 0.25) is 0 Å². The smallest absolute Gasteiger partial charge is 0.136 e. The van der Waals surface area contributed by atoms with Crippen molar-refractivity contribution in [2.24, 2.45) is 5.16 Å². The van der Waals surface area contributed by atoms with E-state index in [1.165, 1.54) is 0 Å². The van der Waals surface area contributed by atoms with Crippen LogP contribution in [0.4, 0.5) is 8.78 Å². The van der Waals surface area contributed by atoms with Gasteiger partial charge in [0.25, 0.3) is 0 Å². The second kappa shape index (κ2) is 3.63. The summed E-state index contributed by atoms with van der Waals surface area (Å²) in [5.41, 5.74) is -0.591. The molecule has 0 heterocycles. The summed E-state index contributed by atoms with van der Waals surface area (Å²) in [4.78, 5) is 0. The summed E-state index contributed by atoms with van der Waals surface area (Å²) in [5.74, 6) is -1.87. The van der Waals surface area contributed by atoms with Crippen LogP contribution in [0.25, 0.3) is 0 Å². The van der Waals surface area contributed by atoms with Crippen molar-refractivity contribution < 1.29 is 14.0 Å². The van der Waals surface area contributed by atoms with Crippen molar-refractivity contribution in [2.75, 3.05) is 0 Å². The highest BCUT2D eigenvalue weighted by atomic mass is 19.1. The van der Waals surface area contributed by atoms with Gasteiger partial charge in [-0.3, -0.25) is 0 Å². The van der Waals surface area contributed by atoms with Gasteiger partial charge in [-0.25, -0.2) is 8.78 Å². The first-order valence-electron chi connectivity index (χ1n) is 3.25. The first-order chi connectivity index (χ1) is 6.19. The second-order valence-electron chi connectivity index (χ2n) is 2.21. The van der Waals surface area contributed by atoms with Crippen LogP contribution >= 0.6 is 0 Å². The number of nitriles is 1. The van der Waals surface area contributed by atoms with Crippen LogP contribution in [-0.4, -0.2) is 11.4 Å². The number of oxime groups is 1. The Labute approximate surface area is 72.5 Å². The lowest BCUT2D eigenvalue weighted by Crippen LogP contribution is -1.95. The van der Waals surface area contributed by atoms with E-state index < -0.39 is 17.2 Å².